The van der Waals surface area contributed by atoms with Crippen LogP contribution in [0.15, 0.2) is 46.9 Å². The first kappa shape index (κ1) is 17.4. The Balaban J connectivity index is 1.98. The fourth-order valence-corrected chi connectivity index (χ4v) is 1.91. The Bertz CT molecular complexity index is 705. The van der Waals surface area contributed by atoms with Crippen molar-refractivity contribution in [3.8, 4) is 5.75 Å². The molecular weight excluding hydrogens is 372 g/mol. The van der Waals surface area contributed by atoms with Crippen LogP contribution >= 0.6 is 15.9 Å². The van der Waals surface area contributed by atoms with Crippen molar-refractivity contribution in [2.75, 3.05) is 11.9 Å². The minimum absolute atomic E-state index is 0.206. The van der Waals surface area contributed by atoms with E-state index in [2.05, 4.69) is 21.2 Å². The van der Waals surface area contributed by atoms with Gasteiger partial charge in [0.15, 0.2) is 5.60 Å². The number of rotatable bonds is 5. The summed E-state index contributed by atoms with van der Waals surface area (Å²) in [6, 6.07) is 9.22. The maximum absolute atomic E-state index is 13.4. The van der Waals surface area contributed by atoms with Gasteiger partial charge in [-0.25, -0.2) is 8.78 Å². The number of aliphatic hydroxyl groups is 1. The van der Waals surface area contributed by atoms with Gasteiger partial charge in [-0.15, -0.1) is 0 Å². The Labute approximate surface area is 140 Å². The van der Waals surface area contributed by atoms with Crippen LogP contribution in [0, 0.1) is 11.6 Å². The van der Waals surface area contributed by atoms with E-state index < -0.39 is 23.1 Å². The molecule has 0 aliphatic carbocycles. The van der Waals surface area contributed by atoms with Crippen LogP contribution < -0.4 is 10.1 Å². The van der Waals surface area contributed by atoms with Crippen molar-refractivity contribution in [3.05, 3.63) is 58.6 Å². The summed E-state index contributed by atoms with van der Waals surface area (Å²) in [5, 5.41) is 12.6. The van der Waals surface area contributed by atoms with E-state index in [1.165, 1.54) is 43.3 Å². The molecule has 0 aromatic heterocycles. The Kier molecular flexibility index (Phi) is 5.33. The highest BCUT2D eigenvalue weighted by Crippen LogP contribution is 2.21. The molecule has 2 rings (SSSR count). The lowest BCUT2D eigenvalue weighted by atomic mass is 10.1. The van der Waals surface area contributed by atoms with Crippen LogP contribution in [-0.4, -0.2) is 23.2 Å². The molecule has 1 atom stereocenters. The number of ether oxygens (including phenoxy) is 1. The summed E-state index contributed by atoms with van der Waals surface area (Å²) in [7, 11) is 0. The molecule has 2 aromatic carbocycles. The summed E-state index contributed by atoms with van der Waals surface area (Å²) in [6.07, 6.45) is 0. The second kappa shape index (κ2) is 7.06. The van der Waals surface area contributed by atoms with Gasteiger partial charge >= 0.3 is 0 Å². The molecule has 0 saturated carbocycles. The van der Waals surface area contributed by atoms with E-state index in [9.17, 15) is 18.7 Å². The first-order valence-electron chi connectivity index (χ1n) is 6.65. The van der Waals surface area contributed by atoms with Gasteiger partial charge in [-0.3, -0.25) is 4.79 Å². The Morgan fingerprint density at radius 3 is 2.52 bits per heavy atom. The molecule has 0 spiro atoms. The minimum atomic E-state index is -1.85. The molecule has 7 heteroatoms. The Morgan fingerprint density at radius 1 is 1.26 bits per heavy atom. The molecule has 23 heavy (non-hydrogen) atoms. The van der Waals surface area contributed by atoms with Crippen molar-refractivity contribution < 1.29 is 23.4 Å². The Morgan fingerprint density at radius 2 is 1.91 bits per heavy atom. The van der Waals surface area contributed by atoms with E-state index in [0.29, 0.717) is 5.75 Å². The smallest absolute Gasteiger partial charge is 0.259 e. The lowest BCUT2D eigenvalue weighted by Crippen LogP contribution is -2.45. The van der Waals surface area contributed by atoms with E-state index in [-0.39, 0.29) is 16.8 Å². The van der Waals surface area contributed by atoms with Crippen LogP contribution in [-0.2, 0) is 4.79 Å². The van der Waals surface area contributed by atoms with Crippen molar-refractivity contribution in [2.24, 2.45) is 0 Å². The summed E-state index contributed by atoms with van der Waals surface area (Å²) in [6.45, 7) is 0.921. The summed E-state index contributed by atoms with van der Waals surface area (Å²) >= 11 is 3.01. The molecule has 0 bridgehead atoms. The third-order valence-electron chi connectivity index (χ3n) is 3.00. The Hall–Kier alpha value is -1.99. The molecular formula is C16H14BrF2NO3. The number of hydrogen-bond acceptors (Lipinski definition) is 3. The van der Waals surface area contributed by atoms with Crippen LogP contribution in [0.1, 0.15) is 6.92 Å². The zero-order valence-corrected chi connectivity index (χ0v) is 13.7. The number of carbonyl (C=O) groups is 1. The first-order chi connectivity index (χ1) is 10.8. The van der Waals surface area contributed by atoms with Crippen LogP contribution in [0.5, 0.6) is 5.75 Å². The zero-order valence-electron chi connectivity index (χ0n) is 12.1. The average molecular weight is 386 g/mol. The predicted octanol–water partition coefficient (Wildman–Crippen LogP) is 3.50. The third-order valence-corrected chi connectivity index (χ3v) is 3.64. The highest BCUT2D eigenvalue weighted by Gasteiger charge is 2.31. The normalized spacial score (nSPS) is 13.3. The molecule has 2 aromatic rings. The van der Waals surface area contributed by atoms with E-state index in [0.717, 1.165) is 6.07 Å². The highest BCUT2D eigenvalue weighted by atomic mass is 79.9. The third kappa shape index (κ3) is 4.74. The van der Waals surface area contributed by atoms with Gasteiger partial charge in [0.25, 0.3) is 5.91 Å². The molecule has 122 valence electrons. The lowest BCUT2D eigenvalue weighted by Gasteiger charge is -2.22. The predicted molar refractivity (Wildman–Crippen MR) is 85.2 cm³/mol. The number of amides is 1. The lowest BCUT2D eigenvalue weighted by molar-refractivity contribution is -0.135. The summed E-state index contributed by atoms with van der Waals surface area (Å²) in [5.41, 5.74) is -1.64. The molecule has 0 radical (unpaired) electrons. The number of carbonyl (C=O) groups excluding carboxylic acids is 1. The topological polar surface area (TPSA) is 58.6 Å². The monoisotopic (exact) mass is 385 g/mol. The van der Waals surface area contributed by atoms with Crippen molar-refractivity contribution >= 4 is 27.5 Å². The standard InChI is InChI=1S/C16H14BrF2NO3/c1-16(22,9-23-12-5-2-10(18)3-6-12)15(21)20-11-4-7-13(17)14(19)8-11/h2-8,22H,9H2,1H3,(H,20,21)/t16-/m0/s1. The maximum atomic E-state index is 13.4. The van der Waals surface area contributed by atoms with E-state index in [1.54, 1.807) is 0 Å². The second-order valence-corrected chi connectivity index (χ2v) is 5.95. The van der Waals surface area contributed by atoms with Crippen LogP contribution in [0.3, 0.4) is 0 Å². The molecule has 4 nitrogen and oxygen atoms in total. The van der Waals surface area contributed by atoms with E-state index in [1.807, 2.05) is 0 Å². The number of nitrogens with one attached hydrogen (secondary N) is 1. The van der Waals surface area contributed by atoms with Crippen LogP contribution in [0.4, 0.5) is 14.5 Å². The summed E-state index contributed by atoms with van der Waals surface area (Å²) < 4.78 is 31.7. The molecule has 0 heterocycles. The van der Waals surface area contributed by atoms with Crippen molar-refractivity contribution in [1.82, 2.24) is 0 Å². The SMILES string of the molecule is C[C@](O)(COc1ccc(F)cc1)C(=O)Nc1ccc(Br)c(F)c1. The number of halogens is 3. The van der Waals surface area contributed by atoms with Crippen molar-refractivity contribution in [1.29, 1.82) is 0 Å². The van der Waals surface area contributed by atoms with Crippen molar-refractivity contribution in [2.45, 2.75) is 12.5 Å². The largest absolute Gasteiger partial charge is 0.490 e. The molecule has 0 aliphatic rings. The van der Waals surface area contributed by atoms with Crippen molar-refractivity contribution in [3.63, 3.8) is 0 Å². The number of anilines is 1. The highest BCUT2D eigenvalue weighted by molar-refractivity contribution is 9.10. The molecule has 0 unspecified atom stereocenters. The van der Waals surface area contributed by atoms with Gasteiger partial charge in [0, 0.05) is 5.69 Å². The number of hydrogen-bond donors (Lipinski definition) is 2. The first-order valence-corrected chi connectivity index (χ1v) is 7.44. The van der Waals surface area contributed by atoms with Gasteiger partial charge in [-0.1, -0.05) is 0 Å². The van der Waals surface area contributed by atoms with E-state index in [4.69, 9.17) is 4.74 Å². The van der Waals surface area contributed by atoms with Gasteiger partial charge in [-0.05, 0) is 65.3 Å². The van der Waals surface area contributed by atoms with Gasteiger partial charge in [0.2, 0.25) is 0 Å². The minimum Gasteiger partial charge on any atom is -0.490 e. The van der Waals surface area contributed by atoms with Gasteiger partial charge < -0.3 is 15.2 Å². The molecule has 0 fully saturated rings. The maximum Gasteiger partial charge on any atom is 0.259 e. The van der Waals surface area contributed by atoms with Gasteiger partial charge in [-0.2, -0.15) is 0 Å². The van der Waals surface area contributed by atoms with Gasteiger partial charge in [0.1, 0.15) is 24.0 Å². The average Bonchev–Trinajstić information content (AvgIpc) is 2.50. The van der Waals surface area contributed by atoms with Gasteiger partial charge in [0.05, 0.1) is 4.47 Å². The van der Waals surface area contributed by atoms with E-state index >= 15 is 0 Å². The fourth-order valence-electron chi connectivity index (χ4n) is 1.66. The molecule has 0 saturated heterocycles. The zero-order chi connectivity index (χ0) is 17.0. The van der Waals surface area contributed by atoms with Crippen LogP contribution in [0.2, 0.25) is 0 Å². The molecule has 2 N–H and O–H groups in total. The fraction of sp³-hybridized carbons (Fsp3) is 0.188. The second-order valence-electron chi connectivity index (χ2n) is 5.10. The molecule has 0 aliphatic heterocycles. The van der Waals surface area contributed by atoms with Crippen LogP contribution in [0.25, 0.3) is 0 Å². The molecule has 1 amide bonds. The quantitative estimate of drug-likeness (QED) is 0.827. The summed E-state index contributed by atoms with van der Waals surface area (Å²) in [4.78, 5) is 12.1. The number of benzene rings is 2. The summed E-state index contributed by atoms with van der Waals surface area (Å²) in [5.74, 6) is -1.39.